The smallest absolute Gasteiger partial charge is 0.0730 e. The first kappa shape index (κ1) is 18.0. The molecule has 1 aliphatic rings. The van der Waals surface area contributed by atoms with Crippen LogP contribution in [0.5, 0.6) is 0 Å². The highest BCUT2D eigenvalue weighted by molar-refractivity contribution is 4.86. The highest BCUT2D eigenvalue weighted by Crippen LogP contribution is 2.32. The fourth-order valence-corrected chi connectivity index (χ4v) is 3.28. The van der Waals surface area contributed by atoms with Crippen molar-refractivity contribution in [2.75, 3.05) is 13.2 Å². The number of hydrogen-bond acceptors (Lipinski definition) is 2. The first-order valence-electron chi connectivity index (χ1n) is 9.04. The minimum absolute atomic E-state index is 0.448. The van der Waals surface area contributed by atoms with Gasteiger partial charge in [0.25, 0.3) is 0 Å². The molecule has 0 heterocycles. The Morgan fingerprint density at radius 1 is 1.05 bits per heavy atom. The summed E-state index contributed by atoms with van der Waals surface area (Å²) in [6.45, 7) is 11.3. The van der Waals surface area contributed by atoms with E-state index in [1.54, 1.807) is 0 Å². The number of nitrogens with one attached hydrogen (secondary N) is 1. The molecule has 0 aromatic carbocycles. The zero-order chi connectivity index (χ0) is 14.8. The van der Waals surface area contributed by atoms with Crippen LogP contribution >= 0.6 is 0 Å². The third-order valence-electron chi connectivity index (χ3n) is 4.76. The van der Waals surface area contributed by atoms with Crippen LogP contribution in [0.3, 0.4) is 0 Å². The molecule has 1 N–H and O–H groups in total. The molecular formula is C18H37NO. The van der Waals surface area contributed by atoms with E-state index >= 15 is 0 Å². The van der Waals surface area contributed by atoms with Gasteiger partial charge in [-0.1, -0.05) is 47.0 Å². The molecule has 2 nitrogen and oxygen atoms in total. The highest BCUT2D eigenvalue weighted by Gasteiger charge is 2.31. The van der Waals surface area contributed by atoms with Crippen molar-refractivity contribution < 1.29 is 4.74 Å². The SMILES string of the molecule is CCCCCCOC1CC(C(C)C)CCC1NCCC. The quantitative estimate of drug-likeness (QED) is 0.583. The summed E-state index contributed by atoms with van der Waals surface area (Å²) >= 11 is 0. The van der Waals surface area contributed by atoms with Crippen molar-refractivity contribution in [2.24, 2.45) is 11.8 Å². The summed E-state index contributed by atoms with van der Waals surface area (Å²) in [7, 11) is 0. The van der Waals surface area contributed by atoms with Crippen molar-refractivity contribution in [1.29, 1.82) is 0 Å². The maximum Gasteiger partial charge on any atom is 0.0730 e. The van der Waals surface area contributed by atoms with E-state index in [-0.39, 0.29) is 0 Å². The van der Waals surface area contributed by atoms with Gasteiger partial charge in [0.05, 0.1) is 6.10 Å². The van der Waals surface area contributed by atoms with Crippen LogP contribution < -0.4 is 5.32 Å². The van der Waals surface area contributed by atoms with Gasteiger partial charge >= 0.3 is 0 Å². The molecule has 1 aliphatic carbocycles. The van der Waals surface area contributed by atoms with E-state index < -0.39 is 0 Å². The Balaban J connectivity index is 2.36. The van der Waals surface area contributed by atoms with Crippen molar-refractivity contribution in [3.8, 4) is 0 Å². The molecule has 0 spiro atoms. The van der Waals surface area contributed by atoms with Gasteiger partial charge in [0.15, 0.2) is 0 Å². The standard InChI is InChI=1S/C18H37NO/c1-5-7-8-9-13-20-18-14-16(15(3)4)10-11-17(18)19-12-6-2/h15-19H,5-14H2,1-4H3. The molecule has 1 rings (SSSR count). The van der Waals surface area contributed by atoms with Crippen LogP contribution in [0.2, 0.25) is 0 Å². The first-order valence-corrected chi connectivity index (χ1v) is 9.04. The van der Waals surface area contributed by atoms with E-state index in [1.165, 1.54) is 51.4 Å². The third kappa shape index (κ3) is 6.58. The van der Waals surface area contributed by atoms with Gasteiger partial charge in [-0.25, -0.2) is 0 Å². The largest absolute Gasteiger partial charge is 0.377 e. The summed E-state index contributed by atoms with van der Waals surface area (Å²) in [5, 5.41) is 3.71. The summed E-state index contributed by atoms with van der Waals surface area (Å²) in [4.78, 5) is 0. The number of unbranched alkanes of at least 4 members (excludes halogenated alkanes) is 3. The molecule has 0 aromatic heterocycles. The number of rotatable bonds is 10. The lowest BCUT2D eigenvalue weighted by atomic mass is 9.78. The van der Waals surface area contributed by atoms with Crippen molar-refractivity contribution in [1.82, 2.24) is 5.32 Å². The van der Waals surface area contributed by atoms with E-state index in [1.807, 2.05) is 0 Å². The highest BCUT2D eigenvalue weighted by atomic mass is 16.5. The van der Waals surface area contributed by atoms with Gasteiger partial charge in [-0.3, -0.25) is 0 Å². The van der Waals surface area contributed by atoms with Gasteiger partial charge in [-0.2, -0.15) is 0 Å². The zero-order valence-electron chi connectivity index (χ0n) is 14.3. The minimum Gasteiger partial charge on any atom is -0.377 e. The summed E-state index contributed by atoms with van der Waals surface area (Å²) in [5.41, 5.74) is 0. The maximum atomic E-state index is 6.26. The van der Waals surface area contributed by atoms with Crippen LogP contribution in [0, 0.1) is 11.8 Å². The van der Waals surface area contributed by atoms with Crippen LogP contribution in [-0.4, -0.2) is 25.3 Å². The Hall–Kier alpha value is -0.0800. The molecular weight excluding hydrogens is 246 g/mol. The predicted octanol–water partition coefficient (Wildman–Crippen LogP) is 4.78. The summed E-state index contributed by atoms with van der Waals surface area (Å²) in [6, 6.07) is 0.594. The van der Waals surface area contributed by atoms with E-state index in [0.717, 1.165) is 25.0 Å². The molecule has 20 heavy (non-hydrogen) atoms. The van der Waals surface area contributed by atoms with Crippen LogP contribution in [0.25, 0.3) is 0 Å². The van der Waals surface area contributed by atoms with Crippen molar-refractivity contribution >= 4 is 0 Å². The molecule has 0 aromatic rings. The molecule has 1 fully saturated rings. The molecule has 0 bridgehead atoms. The van der Waals surface area contributed by atoms with Gasteiger partial charge in [-0.05, 0) is 50.5 Å². The van der Waals surface area contributed by atoms with E-state index in [0.29, 0.717) is 12.1 Å². The second kappa shape index (κ2) is 10.6. The Bertz CT molecular complexity index is 229. The Morgan fingerprint density at radius 3 is 2.50 bits per heavy atom. The second-order valence-electron chi connectivity index (χ2n) is 6.85. The molecule has 0 radical (unpaired) electrons. The predicted molar refractivity (Wildman–Crippen MR) is 88.1 cm³/mol. The second-order valence-corrected chi connectivity index (χ2v) is 6.85. The van der Waals surface area contributed by atoms with Crippen molar-refractivity contribution in [2.45, 2.75) is 91.2 Å². The van der Waals surface area contributed by atoms with E-state index in [4.69, 9.17) is 4.74 Å². The fraction of sp³-hybridized carbons (Fsp3) is 1.00. The van der Waals surface area contributed by atoms with Crippen LogP contribution in [0.1, 0.15) is 79.1 Å². The number of hydrogen-bond donors (Lipinski definition) is 1. The summed E-state index contributed by atoms with van der Waals surface area (Å²) in [6.07, 6.45) is 10.8. The topological polar surface area (TPSA) is 21.3 Å². The average Bonchev–Trinajstić information content (AvgIpc) is 2.45. The molecule has 2 heteroatoms. The van der Waals surface area contributed by atoms with Crippen LogP contribution in [0.15, 0.2) is 0 Å². The van der Waals surface area contributed by atoms with Gasteiger partial charge in [0.1, 0.15) is 0 Å². The van der Waals surface area contributed by atoms with E-state index in [2.05, 4.69) is 33.0 Å². The maximum absolute atomic E-state index is 6.26. The van der Waals surface area contributed by atoms with E-state index in [9.17, 15) is 0 Å². The lowest BCUT2D eigenvalue weighted by molar-refractivity contribution is -0.0179. The molecule has 3 atom stereocenters. The molecule has 120 valence electrons. The normalized spacial score (nSPS) is 27.1. The van der Waals surface area contributed by atoms with Gasteiger partial charge in [0, 0.05) is 12.6 Å². The lowest BCUT2D eigenvalue weighted by Gasteiger charge is -2.38. The summed E-state index contributed by atoms with van der Waals surface area (Å²) in [5.74, 6) is 1.66. The monoisotopic (exact) mass is 283 g/mol. The number of ether oxygens (including phenoxy) is 1. The van der Waals surface area contributed by atoms with Gasteiger partial charge in [0.2, 0.25) is 0 Å². The Labute approximate surface area is 127 Å². The third-order valence-corrected chi connectivity index (χ3v) is 4.76. The molecule has 0 aliphatic heterocycles. The lowest BCUT2D eigenvalue weighted by Crippen LogP contribution is -2.46. The summed E-state index contributed by atoms with van der Waals surface area (Å²) < 4.78 is 6.26. The fourth-order valence-electron chi connectivity index (χ4n) is 3.28. The Morgan fingerprint density at radius 2 is 1.85 bits per heavy atom. The van der Waals surface area contributed by atoms with Crippen LogP contribution in [0.4, 0.5) is 0 Å². The zero-order valence-corrected chi connectivity index (χ0v) is 14.3. The molecule has 0 saturated heterocycles. The Kier molecular flexibility index (Phi) is 9.54. The van der Waals surface area contributed by atoms with Gasteiger partial charge in [-0.15, -0.1) is 0 Å². The molecule has 0 amide bonds. The van der Waals surface area contributed by atoms with Crippen molar-refractivity contribution in [3.63, 3.8) is 0 Å². The minimum atomic E-state index is 0.448. The van der Waals surface area contributed by atoms with Crippen molar-refractivity contribution in [3.05, 3.63) is 0 Å². The molecule has 1 saturated carbocycles. The van der Waals surface area contributed by atoms with Gasteiger partial charge < -0.3 is 10.1 Å². The van der Waals surface area contributed by atoms with Crippen LogP contribution in [-0.2, 0) is 4.74 Å². The average molecular weight is 284 g/mol. The molecule has 3 unspecified atom stereocenters. The first-order chi connectivity index (χ1) is 9.69.